The number of nitrogens with two attached hydrogens (primary N) is 1. The zero-order chi connectivity index (χ0) is 15.6. The highest BCUT2D eigenvalue weighted by Gasteiger charge is 2.24. The Kier molecular flexibility index (Phi) is 4.98. The summed E-state index contributed by atoms with van der Waals surface area (Å²) in [7, 11) is -3.97. The van der Waals surface area contributed by atoms with Gasteiger partial charge in [0, 0.05) is 12.6 Å². The summed E-state index contributed by atoms with van der Waals surface area (Å²) in [5.74, 6) is -0.0775. The number of hydrogen-bond donors (Lipinski definition) is 2. The van der Waals surface area contributed by atoms with Crippen molar-refractivity contribution in [3.63, 3.8) is 0 Å². The number of primary sulfonamides is 1. The number of sulfonamides is 1. The topological polar surface area (TPSA) is 98.5 Å². The molecule has 1 amide bonds. The quantitative estimate of drug-likeness (QED) is 0.864. The van der Waals surface area contributed by atoms with Crippen LogP contribution in [-0.2, 0) is 14.8 Å². The highest BCUT2D eigenvalue weighted by Crippen LogP contribution is 2.34. The van der Waals surface area contributed by atoms with Gasteiger partial charge in [-0.1, -0.05) is 23.2 Å². The molecule has 1 aliphatic heterocycles. The molecule has 1 aromatic carbocycles. The number of ether oxygens (including phenoxy) is 1. The molecule has 21 heavy (non-hydrogen) atoms. The smallest absolute Gasteiger partial charge is 0.261 e. The molecule has 1 aliphatic rings. The Labute approximate surface area is 132 Å². The zero-order valence-corrected chi connectivity index (χ0v) is 13.3. The van der Waals surface area contributed by atoms with E-state index in [1.165, 1.54) is 6.07 Å². The maximum atomic E-state index is 11.8. The van der Waals surface area contributed by atoms with Crippen LogP contribution in [0.4, 0.5) is 0 Å². The van der Waals surface area contributed by atoms with Crippen LogP contribution >= 0.6 is 23.2 Å². The number of carbonyl (C=O) groups is 1. The minimum absolute atomic E-state index is 0.0282. The molecular formula is C12H14Cl2N2O4S. The Morgan fingerprint density at radius 1 is 1.24 bits per heavy atom. The number of benzene rings is 1. The molecule has 0 radical (unpaired) electrons. The second-order valence-corrected chi connectivity index (χ2v) is 7.00. The predicted molar refractivity (Wildman–Crippen MR) is 79.1 cm³/mol. The first-order valence-electron chi connectivity index (χ1n) is 6.25. The third-order valence-corrected chi connectivity index (χ3v) is 4.72. The van der Waals surface area contributed by atoms with Crippen LogP contribution in [-0.4, -0.2) is 27.0 Å². The first kappa shape index (κ1) is 16.4. The summed E-state index contributed by atoms with van der Waals surface area (Å²) in [6, 6.07) is 2.37. The van der Waals surface area contributed by atoms with Crippen molar-refractivity contribution >= 4 is 39.1 Å². The fourth-order valence-electron chi connectivity index (χ4n) is 2.00. The SMILES string of the molecule is NS(=O)(=O)c1cc(Cl)c(OC2CCCCNC2=O)cc1Cl. The second kappa shape index (κ2) is 6.39. The molecule has 1 saturated heterocycles. The largest absolute Gasteiger partial charge is 0.479 e. The van der Waals surface area contributed by atoms with Crippen molar-refractivity contribution in [1.29, 1.82) is 0 Å². The van der Waals surface area contributed by atoms with E-state index in [-0.39, 0.29) is 26.6 Å². The minimum atomic E-state index is -3.97. The van der Waals surface area contributed by atoms with Crippen LogP contribution in [0, 0.1) is 0 Å². The molecule has 116 valence electrons. The average Bonchev–Trinajstić information content (AvgIpc) is 2.57. The lowest BCUT2D eigenvalue weighted by Gasteiger charge is -2.17. The van der Waals surface area contributed by atoms with Gasteiger partial charge in [-0.2, -0.15) is 0 Å². The van der Waals surface area contributed by atoms with Crippen molar-refractivity contribution in [2.75, 3.05) is 6.54 Å². The maximum Gasteiger partial charge on any atom is 0.261 e. The second-order valence-electron chi connectivity index (χ2n) is 4.65. The molecule has 1 aromatic rings. The van der Waals surface area contributed by atoms with E-state index < -0.39 is 16.1 Å². The van der Waals surface area contributed by atoms with E-state index in [0.717, 1.165) is 18.9 Å². The van der Waals surface area contributed by atoms with Gasteiger partial charge in [-0.05, 0) is 25.3 Å². The van der Waals surface area contributed by atoms with E-state index in [1.54, 1.807) is 0 Å². The van der Waals surface area contributed by atoms with Gasteiger partial charge in [-0.25, -0.2) is 13.6 Å². The van der Waals surface area contributed by atoms with Crippen molar-refractivity contribution in [1.82, 2.24) is 5.32 Å². The summed E-state index contributed by atoms with van der Waals surface area (Å²) in [4.78, 5) is 11.5. The van der Waals surface area contributed by atoms with Gasteiger partial charge in [0.2, 0.25) is 10.0 Å². The molecule has 1 atom stereocenters. The first-order valence-corrected chi connectivity index (χ1v) is 8.55. The van der Waals surface area contributed by atoms with E-state index >= 15 is 0 Å². The van der Waals surface area contributed by atoms with Crippen LogP contribution < -0.4 is 15.2 Å². The summed E-state index contributed by atoms with van der Waals surface area (Å²) in [6.07, 6.45) is 1.59. The van der Waals surface area contributed by atoms with Crippen LogP contribution in [0.3, 0.4) is 0 Å². The number of nitrogens with one attached hydrogen (secondary N) is 1. The maximum absolute atomic E-state index is 11.8. The summed E-state index contributed by atoms with van der Waals surface area (Å²) < 4.78 is 28.2. The van der Waals surface area contributed by atoms with Crippen molar-refractivity contribution in [2.45, 2.75) is 30.3 Å². The van der Waals surface area contributed by atoms with Crippen LogP contribution in [0.15, 0.2) is 17.0 Å². The van der Waals surface area contributed by atoms with Gasteiger partial charge in [0.25, 0.3) is 5.91 Å². The van der Waals surface area contributed by atoms with Gasteiger partial charge in [-0.15, -0.1) is 0 Å². The van der Waals surface area contributed by atoms with E-state index in [0.29, 0.717) is 13.0 Å². The fraction of sp³-hybridized carbons (Fsp3) is 0.417. The monoisotopic (exact) mass is 352 g/mol. The van der Waals surface area contributed by atoms with Gasteiger partial charge < -0.3 is 10.1 Å². The van der Waals surface area contributed by atoms with Crippen molar-refractivity contribution < 1.29 is 17.9 Å². The molecule has 1 fully saturated rings. The predicted octanol–water partition coefficient (Wildman–Crippen LogP) is 1.69. The Morgan fingerprint density at radius 3 is 2.62 bits per heavy atom. The molecular weight excluding hydrogens is 339 g/mol. The lowest BCUT2D eigenvalue weighted by Crippen LogP contribution is -2.36. The number of hydrogen-bond acceptors (Lipinski definition) is 4. The lowest BCUT2D eigenvalue weighted by atomic mass is 10.2. The highest BCUT2D eigenvalue weighted by molar-refractivity contribution is 7.89. The average molecular weight is 353 g/mol. The van der Waals surface area contributed by atoms with Gasteiger partial charge in [0.05, 0.1) is 10.0 Å². The third-order valence-electron chi connectivity index (χ3n) is 3.05. The van der Waals surface area contributed by atoms with Crippen LogP contribution in [0.5, 0.6) is 5.75 Å². The molecule has 0 saturated carbocycles. The van der Waals surface area contributed by atoms with Crippen molar-refractivity contribution in [3.8, 4) is 5.75 Å². The standard InChI is InChI=1S/C12H14Cl2N2O4S/c13-7-6-11(21(15,18)19)8(14)5-10(7)20-9-3-1-2-4-16-12(9)17/h5-6,9H,1-4H2,(H,16,17)(H2,15,18,19). The number of halogens is 2. The van der Waals surface area contributed by atoms with E-state index in [4.69, 9.17) is 33.1 Å². The zero-order valence-electron chi connectivity index (χ0n) is 10.9. The molecule has 0 bridgehead atoms. The third kappa shape index (κ3) is 4.00. The van der Waals surface area contributed by atoms with Gasteiger partial charge in [0.15, 0.2) is 6.10 Å². The summed E-state index contributed by atoms with van der Waals surface area (Å²) in [6.45, 7) is 0.609. The molecule has 6 nitrogen and oxygen atoms in total. The molecule has 0 aliphatic carbocycles. The van der Waals surface area contributed by atoms with Crippen LogP contribution in [0.1, 0.15) is 19.3 Å². The normalized spacial score (nSPS) is 19.8. The first-order chi connectivity index (χ1) is 9.79. The van der Waals surface area contributed by atoms with E-state index in [9.17, 15) is 13.2 Å². The lowest BCUT2D eigenvalue weighted by molar-refractivity contribution is -0.127. The van der Waals surface area contributed by atoms with Crippen molar-refractivity contribution in [3.05, 3.63) is 22.2 Å². The number of amides is 1. The molecule has 2 rings (SSSR count). The van der Waals surface area contributed by atoms with E-state index in [2.05, 4.69) is 5.32 Å². The Morgan fingerprint density at radius 2 is 1.95 bits per heavy atom. The Hall–Kier alpha value is -1.02. The molecule has 1 unspecified atom stereocenters. The summed E-state index contributed by atoms with van der Waals surface area (Å²) in [5.41, 5.74) is 0. The number of carbonyl (C=O) groups excluding carboxylic acids is 1. The van der Waals surface area contributed by atoms with E-state index in [1.807, 2.05) is 0 Å². The molecule has 9 heteroatoms. The van der Waals surface area contributed by atoms with Gasteiger partial charge in [-0.3, -0.25) is 4.79 Å². The molecule has 0 spiro atoms. The Balaban J connectivity index is 2.29. The molecule has 0 aromatic heterocycles. The molecule has 1 heterocycles. The van der Waals surface area contributed by atoms with Gasteiger partial charge >= 0.3 is 0 Å². The summed E-state index contributed by atoms with van der Waals surface area (Å²) >= 11 is 11.9. The minimum Gasteiger partial charge on any atom is -0.479 e. The van der Waals surface area contributed by atoms with Crippen LogP contribution in [0.2, 0.25) is 10.0 Å². The number of rotatable bonds is 3. The summed E-state index contributed by atoms with van der Waals surface area (Å²) in [5, 5.41) is 7.68. The van der Waals surface area contributed by atoms with Crippen molar-refractivity contribution in [2.24, 2.45) is 5.14 Å². The fourth-order valence-corrected chi connectivity index (χ4v) is 3.36. The highest BCUT2D eigenvalue weighted by atomic mass is 35.5. The molecule has 3 N–H and O–H groups in total. The van der Waals surface area contributed by atoms with Gasteiger partial charge in [0.1, 0.15) is 10.6 Å². The van der Waals surface area contributed by atoms with Crippen LogP contribution in [0.25, 0.3) is 0 Å². The Bertz CT molecular complexity index is 663.